The molecule has 2 heterocycles. The molecule has 0 aliphatic carbocycles. The molecule has 2 nitrogen and oxygen atoms in total. The number of halogens is 1. The van der Waals surface area contributed by atoms with Crippen LogP contribution in [0.15, 0.2) is 0 Å². The summed E-state index contributed by atoms with van der Waals surface area (Å²) in [6.07, 6.45) is 2.40. The van der Waals surface area contributed by atoms with Gasteiger partial charge in [-0.1, -0.05) is 6.92 Å². The molecule has 0 radical (unpaired) electrons. The van der Waals surface area contributed by atoms with Crippen LogP contribution in [0.3, 0.4) is 0 Å². The van der Waals surface area contributed by atoms with Gasteiger partial charge in [-0.2, -0.15) is 0 Å². The minimum atomic E-state index is 0. The molecule has 2 aliphatic heterocycles. The predicted octanol–water partition coefficient (Wildman–Crippen LogP) is 0.949. The zero-order valence-corrected chi connectivity index (χ0v) is 7.04. The van der Waals surface area contributed by atoms with Crippen molar-refractivity contribution in [2.24, 2.45) is 0 Å². The van der Waals surface area contributed by atoms with Gasteiger partial charge in [0.25, 0.3) is 0 Å². The molecule has 3 heteroatoms. The zero-order chi connectivity index (χ0) is 6.32. The molecule has 0 saturated carbocycles. The molecule has 0 amide bonds. The first-order valence-corrected chi connectivity index (χ1v) is 3.72. The van der Waals surface area contributed by atoms with E-state index in [4.69, 9.17) is 4.74 Å². The molecule has 0 spiro atoms. The molecule has 2 fully saturated rings. The maximum absolute atomic E-state index is 5.63. The van der Waals surface area contributed by atoms with Crippen molar-refractivity contribution < 1.29 is 4.74 Å². The van der Waals surface area contributed by atoms with E-state index >= 15 is 0 Å². The van der Waals surface area contributed by atoms with E-state index in [-0.39, 0.29) is 18.0 Å². The second-order valence-electron chi connectivity index (χ2n) is 3.13. The summed E-state index contributed by atoms with van der Waals surface area (Å²) in [5.41, 5.74) is 0.241. The summed E-state index contributed by atoms with van der Waals surface area (Å²) >= 11 is 0. The largest absolute Gasteiger partial charge is 0.372 e. The van der Waals surface area contributed by atoms with Gasteiger partial charge in [0.15, 0.2) is 0 Å². The first-order valence-electron chi connectivity index (χ1n) is 3.72. The Bertz CT molecular complexity index is 121. The minimum absolute atomic E-state index is 0. The van der Waals surface area contributed by atoms with Gasteiger partial charge in [-0.25, -0.2) is 0 Å². The summed E-state index contributed by atoms with van der Waals surface area (Å²) in [6, 6.07) is 0.671. The van der Waals surface area contributed by atoms with Crippen LogP contribution in [0.1, 0.15) is 19.8 Å². The highest BCUT2D eigenvalue weighted by Gasteiger charge is 2.44. The fourth-order valence-electron chi connectivity index (χ4n) is 1.80. The lowest BCUT2D eigenvalue weighted by Crippen LogP contribution is -2.38. The van der Waals surface area contributed by atoms with Crippen LogP contribution in [0.25, 0.3) is 0 Å². The van der Waals surface area contributed by atoms with E-state index < -0.39 is 0 Å². The van der Waals surface area contributed by atoms with Gasteiger partial charge in [0, 0.05) is 12.6 Å². The second-order valence-corrected chi connectivity index (χ2v) is 3.13. The van der Waals surface area contributed by atoms with Gasteiger partial charge in [0.2, 0.25) is 0 Å². The van der Waals surface area contributed by atoms with Crippen LogP contribution in [0.5, 0.6) is 0 Å². The summed E-state index contributed by atoms with van der Waals surface area (Å²) in [7, 11) is 0. The number of morpholine rings is 1. The van der Waals surface area contributed by atoms with Crippen LogP contribution in [-0.4, -0.2) is 24.8 Å². The molecule has 2 bridgehead atoms. The summed E-state index contributed by atoms with van der Waals surface area (Å²) in [4.78, 5) is 0. The Morgan fingerprint density at radius 2 is 2.50 bits per heavy atom. The fourth-order valence-corrected chi connectivity index (χ4v) is 1.80. The van der Waals surface area contributed by atoms with Crippen LogP contribution in [0, 0.1) is 0 Å². The Hall–Kier alpha value is 0.210. The van der Waals surface area contributed by atoms with Crippen molar-refractivity contribution in [3.8, 4) is 0 Å². The standard InChI is InChI=1S/C7H13NO.ClH/c1-2-7-3-6(4-9-7)8-5-7;/h6,8H,2-5H2,1H3;1H. The molecular formula is C7H14ClNO. The highest BCUT2D eigenvalue weighted by Crippen LogP contribution is 2.33. The average molecular weight is 164 g/mol. The number of ether oxygens (including phenoxy) is 1. The van der Waals surface area contributed by atoms with Crippen LogP contribution < -0.4 is 5.32 Å². The van der Waals surface area contributed by atoms with Crippen molar-refractivity contribution in [3.63, 3.8) is 0 Å². The van der Waals surface area contributed by atoms with Gasteiger partial charge in [-0.05, 0) is 12.8 Å². The molecule has 10 heavy (non-hydrogen) atoms. The Morgan fingerprint density at radius 3 is 2.70 bits per heavy atom. The molecule has 1 N–H and O–H groups in total. The molecule has 2 aliphatic rings. The van der Waals surface area contributed by atoms with Crippen molar-refractivity contribution in [2.45, 2.75) is 31.4 Å². The predicted molar refractivity (Wildman–Crippen MR) is 42.6 cm³/mol. The summed E-state index contributed by atoms with van der Waals surface area (Å²) in [5.74, 6) is 0. The van der Waals surface area contributed by atoms with E-state index in [9.17, 15) is 0 Å². The first-order chi connectivity index (χ1) is 4.35. The van der Waals surface area contributed by atoms with Gasteiger partial charge >= 0.3 is 0 Å². The number of fused-ring (bicyclic) bond motifs is 2. The van der Waals surface area contributed by atoms with E-state index in [1.807, 2.05) is 0 Å². The van der Waals surface area contributed by atoms with Crippen molar-refractivity contribution >= 4 is 12.4 Å². The number of hydrogen-bond acceptors (Lipinski definition) is 2. The van der Waals surface area contributed by atoms with Gasteiger partial charge in [0.1, 0.15) is 0 Å². The highest BCUT2D eigenvalue weighted by atomic mass is 35.5. The quantitative estimate of drug-likeness (QED) is 0.622. The van der Waals surface area contributed by atoms with Gasteiger partial charge in [-0.15, -0.1) is 12.4 Å². The normalized spacial score (nSPS) is 43.5. The van der Waals surface area contributed by atoms with Crippen LogP contribution in [0.4, 0.5) is 0 Å². The molecule has 0 aromatic rings. The molecule has 0 aromatic carbocycles. The van der Waals surface area contributed by atoms with E-state index in [2.05, 4.69) is 12.2 Å². The number of hydrogen-bond donors (Lipinski definition) is 1. The monoisotopic (exact) mass is 163 g/mol. The smallest absolute Gasteiger partial charge is 0.0820 e. The third-order valence-corrected chi connectivity index (χ3v) is 2.57. The minimum Gasteiger partial charge on any atom is -0.372 e. The van der Waals surface area contributed by atoms with E-state index in [0.29, 0.717) is 6.04 Å². The van der Waals surface area contributed by atoms with Gasteiger partial charge in [-0.3, -0.25) is 0 Å². The Morgan fingerprint density at radius 1 is 1.70 bits per heavy atom. The molecule has 2 rings (SSSR count). The van der Waals surface area contributed by atoms with E-state index in [1.165, 1.54) is 6.42 Å². The summed E-state index contributed by atoms with van der Waals surface area (Å²) in [5, 5.41) is 3.42. The third kappa shape index (κ3) is 1.04. The topological polar surface area (TPSA) is 21.3 Å². The Labute approximate surface area is 67.7 Å². The van der Waals surface area contributed by atoms with Crippen molar-refractivity contribution in [3.05, 3.63) is 0 Å². The Balaban J connectivity index is 0.000000500. The van der Waals surface area contributed by atoms with Gasteiger partial charge < -0.3 is 10.1 Å². The van der Waals surface area contributed by atoms with Gasteiger partial charge in [0.05, 0.1) is 12.2 Å². The third-order valence-electron chi connectivity index (χ3n) is 2.57. The molecule has 2 saturated heterocycles. The summed E-state index contributed by atoms with van der Waals surface area (Å²) in [6.45, 7) is 4.22. The van der Waals surface area contributed by atoms with Crippen molar-refractivity contribution in [1.82, 2.24) is 5.32 Å². The van der Waals surface area contributed by atoms with Crippen LogP contribution >= 0.6 is 12.4 Å². The Kier molecular flexibility index (Phi) is 2.23. The first kappa shape index (κ1) is 8.31. The SMILES string of the molecule is CCC12CNC(CO1)C2.Cl. The zero-order valence-electron chi connectivity index (χ0n) is 6.22. The average Bonchev–Trinajstić information content (AvgIpc) is 2.46. The van der Waals surface area contributed by atoms with Crippen molar-refractivity contribution in [2.75, 3.05) is 13.2 Å². The fraction of sp³-hybridized carbons (Fsp3) is 1.00. The van der Waals surface area contributed by atoms with Crippen LogP contribution in [-0.2, 0) is 4.74 Å². The molecule has 2 atom stereocenters. The molecule has 0 aromatic heterocycles. The number of nitrogens with one attached hydrogen (secondary N) is 1. The highest BCUT2D eigenvalue weighted by molar-refractivity contribution is 5.85. The van der Waals surface area contributed by atoms with Crippen molar-refractivity contribution in [1.29, 1.82) is 0 Å². The number of rotatable bonds is 1. The lowest BCUT2D eigenvalue weighted by Gasteiger charge is -2.24. The second kappa shape index (κ2) is 2.68. The molecular weight excluding hydrogens is 150 g/mol. The van der Waals surface area contributed by atoms with Crippen LogP contribution in [0.2, 0.25) is 0 Å². The van der Waals surface area contributed by atoms with E-state index in [1.54, 1.807) is 0 Å². The molecule has 2 unspecified atom stereocenters. The lowest BCUT2D eigenvalue weighted by molar-refractivity contribution is -0.00825. The maximum atomic E-state index is 5.63. The summed E-state index contributed by atoms with van der Waals surface area (Å²) < 4.78 is 5.63. The maximum Gasteiger partial charge on any atom is 0.0820 e. The van der Waals surface area contributed by atoms with E-state index in [0.717, 1.165) is 19.6 Å². The molecule has 60 valence electrons. The lowest BCUT2D eigenvalue weighted by atomic mass is 10.0.